The van der Waals surface area contributed by atoms with Crippen LogP contribution in [0.2, 0.25) is 0 Å². The summed E-state index contributed by atoms with van der Waals surface area (Å²) in [5.41, 5.74) is 10.5. The van der Waals surface area contributed by atoms with Gasteiger partial charge in [0.1, 0.15) is 0 Å². The summed E-state index contributed by atoms with van der Waals surface area (Å²) in [4.78, 5) is 0. The lowest BCUT2D eigenvalue weighted by Gasteiger charge is -2.07. The molecule has 0 unspecified atom stereocenters. The number of nitrogen functional groups attached to an aromatic ring is 1. The molecule has 4 rings (SSSR count). The van der Waals surface area contributed by atoms with Gasteiger partial charge >= 0.3 is 0 Å². The van der Waals surface area contributed by atoms with Crippen LogP contribution in [-0.4, -0.2) is 5.16 Å². The van der Waals surface area contributed by atoms with Crippen molar-refractivity contribution in [1.29, 1.82) is 0 Å². The molecule has 3 N–H and O–H groups in total. The van der Waals surface area contributed by atoms with E-state index < -0.39 is 0 Å². The van der Waals surface area contributed by atoms with Gasteiger partial charge in [0.25, 0.3) is 0 Å². The van der Waals surface area contributed by atoms with Crippen molar-refractivity contribution in [3.05, 3.63) is 59.2 Å². The molecule has 3 aromatic rings. The lowest BCUT2D eigenvalue weighted by molar-refractivity contribution is 0.460. The van der Waals surface area contributed by atoms with E-state index in [0.29, 0.717) is 5.82 Å². The Morgan fingerprint density at radius 3 is 2.73 bits per heavy atom. The normalized spacial score (nSPS) is 14.5. The summed E-state index contributed by atoms with van der Waals surface area (Å²) in [6.45, 7) is 1.67. The second-order valence-corrected chi connectivity index (χ2v) is 6.02. The number of anilines is 1. The maximum atomic E-state index is 5.79. The smallest absolute Gasteiger partial charge is 0.174 e. The molecule has 0 saturated heterocycles. The average Bonchev–Trinajstić information content (AvgIpc) is 3.33. The van der Waals surface area contributed by atoms with Crippen molar-refractivity contribution in [3.8, 4) is 0 Å². The van der Waals surface area contributed by atoms with E-state index >= 15 is 0 Å². The lowest BCUT2D eigenvalue weighted by Crippen LogP contribution is -2.12. The van der Waals surface area contributed by atoms with E-state index in [9.17, 15) is 0 Å². The second-order valence-electron chi connectivity index (χ2n) is 6.02. The Morgan fingerprint density at radius 2 is 1.91 bits per heavy atom. The molecular formula is C18H19N3O. The van der Waals surface area contributed by atoms with Gasteiger partial charge in [0, 0.05) is 13.1 Å². The number of fused-ring (bicyclic) bond motifs is 1. The Kier molecular flexibility index (Phi) is 3.31. The monoisotopic (exact) mass is 293 g/mol. The van der Waals surface area contributed by atoms with Crippen LogP contribution in [0.15, 0.2) is 47.0 Å². The lowest BCUT2D eigenvalue weighted by atomic mass is 10.1. The number of hydrogen-bond acceptors (Lipinski definition) is 4. The van der Waals surface area contributed by atoms with Crippen LogP contribution in [0.25, 0.3) is 11.0 Å². The minimum Gasteiger partial charge on any atom is -0.380 e. The predicted octanol–water partition coefficient (Wildman–Crippen LogP) is 3.58. The molecule has 4 nitrogen and oxygen atoms in total. The first kappa shape index (κ1) is 13.3. The molecule has 0 bridgehead atoms. The molecule has 0 atom stereocenters. The summed E-state index contributed by atoms with van der Waals surface area (Å²) in [6.07, 6.45) is 2.69. The molecule has 4 heteroatoms. The largest absolute Gasteiger partial charge is 0.380 e. The summed E-state index contributed by atoms with van der Waals surface area (Å²) in [5.74, 6) is 1.26. The van der Waals surface area contributed by atoms with Crippen molar-refractivity contribution >= 4 is 16.8 Å². The predicted molar refractivity (Wildman–Crippen MR) is 87.4 cm³/mol. The van der Waals surface area contributed by atoms with E-state index in [4.69, 9.17) is 10.3 Å². The highest BCUT2D eigenvalue weighted by atomic mass is 16.5. The number of nitrogens with one attached hydrogen (secondary N) is 1. The van der Waals surface area contributed by atoms with Gasteiger partial charge in [-0.1, -0.05) is 35.5 Å². The number of rotatable bonds is 5. The molecule has 0 aliphatic heterocycles. The maximum Gasteiger partial charge on any atom is 0.174 e. The molecule has 1 saturated carbocycles. The zero-order valence-electron chi connectivity index (χ0n) is 12.4. The van der Waals surface area contributed by atoms with E-state index in [0.717, 1.165) is 30.0 Å². The molecule has 1 fully saturated rings. The van der Waals surface area contributed by atoms with E-state index in [1.807, 2.05) is 18.2 Å². The highest BCUT2D eigenvalue weighted by molar-refractivity contribution is 5.87. The van der Waals surface area contributed by atoms with Crippen LogP contribution in [0.4, 0.5) is 5.82 Å². The number of aromatic nitrogens is 1. The van der Waals surface area contributed by atoms with Crippen LogP contribution < -0.4 is 11.1 Å². The Bertz CT molecular complexity index is 805. The Balaban J connectivity index is 1.41. The van der Waals surface area contributed by atoms with Gasteiger partial charge < -0.3 is 15.6 Å². The summed E-state index contributed by atoms with van der Waals surface area (Å²) >= 11 is 0. The van der Waals surface area contributed by atoms with E-state index in [1.54, 1.807) is 0 Å². The Morgan fingerprint density at radius 1 is 1.09 bits per heavy atom. The molecule has 1 aliphatic rings. The van der Waals surface area contributed by atoms with E-state index in [-0.39, 0.29) is 0 Å². The van der Waals surface area contributed by atoms with Gasteiger partial charge in [-0.2, -0.15) is 0 Å². The molecule has 22 heavy (non-hydrogen) atoms. The van der Waals surface area contributed by atoms with Crippen molar-refractivity contribution in [2.45, 2.75) is 31.8 Å². The molecule has 0 amide bonds. The quantitative estimate of drug-likeness (QED) is 0.754. The van der Waals surface area contributed by atoms with Gasteiger partial charge in [-0.15, -0.1) is 0 Å². The molecule has 112 valence electrons. The molecule has 1 aromatic heterocycles. The third kappa shape index (κ3) is 2.70. The fourth-order valence-corrected chi connectivity index (χ4v) is 2.84. The number of hydrogen-bond donors (Lipinski definition) is 2. The minimum atomic E-state index is 0.453. The van der Waals surface area contributed by atoms with Gasteiger partial charge in [-0.05, 0) is 47.6 Å². The zero-order valence-corrected chi connectivity index (χ0v) is 12.4. The molecule has 0 spiro atoms. The molecule has 2 aromatic carbocycles. The SMILES string of the molecule is Nc1noc2ccc(CNCc3cccc(C4CC4)c3)cc12. The minimum absolute atomic E-state index is 0.453. The maximum absolute atomic E-state index is 5.79. The van der Waals surface area contributed by atoms with Crippen molar-refractivity contribution in [2.75, 3.05) is 5.73 Å². The van der Waals surface area contributed by atoms with Gasteiger partial charge in [-0.25, -0.2) is 0 Å². The van der Waals surface area contributed by atoms with E-state index in [2.05, 4.69) is 34.7 Å². The first-order valence-electron chi connectivity index (χ1n) is 7.73. The van der Waals surface area contributed by atoms with Crippen LogP contribution in [0.1, 0.15) is 35.4 Å². The topological polar surface area (TPSA) is 64.1 Å². The van der Waals surface area contributed by atoms with Crippen molar-refractivity contribution in [1.82, 2.24) is 10.5 Å². The van der Waals surface area contributed by atoms with Crippen LogP contribution in [0, 0.1) is 0 Å². The molecule has 1 aliphatic carbocycles. The van der Waals surface area contributed by atoms with Crippen molar-refractivity contribution in [3.63, 3.8) is 0 Å². The van der Waals surface area contributed by atoms with Crippen LogP contribution in [-0.2, 0) is 13.1 Å². The second kappa shape index (κ2) is 5.46. The van der Waals surface area contributed by atoms with Crippen LogP contribution in [0.5, 0.6) is 0 Å². The van der Waals surface area contributed by atoms with Crippen LogP contribution in [0.3, 0.4) is 0 Å². The Hall–Kier alpha value is -2.33. The van der Waals surface area contributed by atoms with Crippen LogP contribution >= 0.6 is 0 Å². The average molecular weight is 293 g/mol. The third-order valence-corrected chi connectivity index (χ3v) is 4.22. The van der Waals surface area contributed by atoms with Gasteiger partial charge in [0.05, 0.1) is 5.39 Å². The standard InChI is InChI=1S/C18H19N3O/c19-18-16-9-13(4-7-17(16)22-21-18)11-20-10-12-2-1-3-15(8-12)14-5-6-14/h1-4,7-9,14,20H,5-6,10-11H2,(H2,19,21). The van der Waals surface area contributed by atoms with Crippen molar-refractivity contribution < 1.29 is 4.52 Å². The molecule has 0 radical (unpaired) electrons. The first-order valence-corrected chi connectivity index (χ1v) is 7.73. The summed E-state index contributed by atoms with van der Waals surface area (Å²) < 4.78 is 5.12. The zero-order chi connectivity index (χ0) is 14.9. The van der Waals surface area contributed by atoms with Gasteiger partial charge in [-0.3, -0.25) is 0 Å². The third-order valence-electron chi connectivity index (χ3n) is 4.22. The first-order chi connectivity index (χ1) is 10.8. The van der Waals surface area contributed by atoms with Crippen molar-refractivity contribution in [2.24, 2.45) is 0 Å². The number of nitrogens with two attached hydrogens (primary N) is 1. The fourth-order valence-electron chi connectivity index (χ4n) is 2.84. The van der Waals surface area contributed by atoms with E-state index in [1.165, 1.54) is 29.5 Å². The van der Waals surface area contributed by atoms with Gasteiger partial charge in [0.2, 0.25) is 0 Å². The summed E-state index contributed by atoms with van der Waals surface area (Å²) in [6, 6.07) is 14.9. The molecule has 1 heterocycles. The fraction of sp³-hybridized carbons (Fsp3) is 0.278. The highest BCUT2D eigenvalue weighted by Gasteiger charge is 2.23. The number of benzene rings is 2. The summed E-state index contributed by atoms with van der Waals surface area (Å²) in [7, 11) is 0. The van der Waals surface area contributed by atoms with Gasteiger partial charge in [0.15, 0.2) is 11.4 Å². The highest BCUT2D eigenvalue weighted by Crippen LogP contribution is 2.40. The summed E-state index contributed by atoms with van der Waals surface area (Å²) in [5, 5.41) is 8.15. The number of nitrogens with zero attached hydrogens (tertiary/aromatic N) is 1. The molecular weight excluding hydrogens is 274 g/mol. The Labute approximate surface area is 129 Å².